The molecule has 0 atom stereocenters. The molecule has 0 fully saturated rings. The van der Waals surface area contributed by atoms with E-state index < -0.39 is 10.0 Å². The zero-order chi connectivity index (χ0) is 11.5. The quantitative estimate of drug-likeness (QED) is 0.819. The Morgan fingerprint density at radius 2 is 1.80 bits per heavy atom. The molecular formula is C8H8Br2ClNO2S. The second-order valence-electron chi connectivity index (χ2n) is 2.71. The van der Waals surface area contributed by atoms with Gasteiger partial charge in [-0.3, -0.25) is 4.72 Å². The van der Waals surface area contributed by atoms with Gasteiger partial charge in [0.15, 0.2) is 0 Å². The average molecular weight is 377 g/mol. The topological polar surface area (TPSA) is 46.2 Å². The molecule has 84 valence electrons. The van der Waals surface area contributed by atoms with Gasteiger partial charge in [-0.15, -0.1) is 11.6 Å². The number of benzene rings is 1. The van der Waals surface area contributed by atoms with Crippen LogP contribution in [0, 0.1) is 0 Å². The predicted octanol–water partition coefficient (Wildman–Crippen LogP) is 3.19. The van der Waals surface area contributed by atoms with Gasteiger partial charge in [-0.1, -0.05) is 6.07 Å². The average Bonchev–Trinajstić information content (AvgIpc) is 2.11. The highest BCUT2D eigenvalue weighted by atomic mass is 79.9. The van der Waals surface area contributed by atoms with E-state index in [0.717, 1.165) is 0 Å². The Balaban J connectivity index is 2.99. The predicted molar refractivity (Wildman–Crippen MR) is 70.0 cm³/mol. The normalized spacial score (nSPS) is 11.4. The van der Waals surface area contributed by atoms with E-state index in [1.807, 2.05) is 0 Å². The number of halogens is 3. The largest absolute Gasteiger partial charge is 0.281 e. The molecule has 0 aliphatic heterocycles. The first kappa shape index (κ1) is 13.3. The van der Waals surface area contributed by atoms with Crippen molar-refractivity contribution in [2.24, 2.45) is 0 Å². The van der Waals surface area contributed by atoms with E-state index in [-0.39, 0.29) is 11.6 Å². The summed E-state index contributed by atoms with van der Waals surface area (Å²) in [6.07, 6.45) is 0. The zero-order valence-electron chi connectivity index (χ0n) is 7.50. The molecule has 0 amide bonds. The monoisotopic (exact) mass is 375 g/mol. The molecule has 0 unspecified atom stereocenters. The molecule has 0 heterocycles. The van der Waals surface area contributed by atoms with Gasteiger partial charge in [-0.2, -0.15) is 0 Å². The second-order valence-corrected chi connectivity index (χ2v) is 6.64. The maximum Gasteiger partial charge on any atom is 0.233 e. The second kappa shape index (κ2) is 5.52. The van der Waals surface area contributed by atoms with E-state index in [4.69, 9.17) is 11.6 Å². The maximum atomic E-state index is 11.5. The van der Waals surface area contributed by atoms with Crippen LogP contribution in [-0.4, -0.2) is 20.1 Å². The molecule has 0 radical (unpaired) electrons. The highest BCUT2D eigenvalue weighted by molar-refractivity contribution is 9.11. The van der Waals surface area contributed by atoms with Crippen molar-refractivity contribution in [2.75, 3.05) is 16.4 Å². The molecule has 0 saturated carbocycles. The minimum Gasteiger partial charge on any atom is -0.281 e. The van der Waals surface area contributed by atoms with Crippen molar-refractivity contribution in [3.05, 3.63) is 27.1 Å². The maximum absolute atomic E-state index is 11.5. The molecule has 0 saturated heterocycles. The molecular weight excluding hydrogens is 369 g/mol. The zero-order valence-corrected chi connectivity index (χ0v) is 12.2. The first-order valence-electron chi connectivity index (χ1n) is 3.97. The minimum atomic E-state index is -3.37. The number of anilines is 1. The third-order valence-electron chi connectivity index (χ3n) is 1.57. The van der Waals surface area contributed by atoms with Crippen LogP contribution in [0.2, 0.25) is 0 Å². The van der Waals surface area contributed by atoms with Gasteiger partial charge in [0.05, 0.1) is 11.4 Å². The Labute approximate surface area is 111 Å². The number of alkyl halides is 1. The van der Waals surface area contributed by atoms with Gasteiger partial charge in [0.25, 0.3) is 0 Å². The summed E-state index contributed by atoms with van der Waals surface area (Å²) in [7, 11) is -3.37. The smallest absolute Gasteiger partial charge is 0.233 e. The summed E-state index contributed by atoms with van der Waals surface area (Å²) in [6, 6.07) is 5.31. The van der Waals surface area contributed by atoms with Crippen LogP contribution in [0.15, 0.2) is 27.1 Å². The number of nitrogens with one attached hydrogen (secondary N) is 1. The van der Waals surface area contributed by atoms with Gasteiger partial charge in [0.2, 0.25) is 10.0 Å². The summed E-state index contributed by atoms with van der Waals surface area (Å²) in [5.41, 5.74) is 0.489. The fraction of sp³-hybridized carbons (Fsp3) is 0.250. The van der Waals surface area contributed by atoms with Crippen molar-refractivity contribution in [3.63, 3.8) is 0 Å². The Kier molecular flexibility index (Phi) is 4.89. The fourth-order valence-corrected chi connectivity index (χ4v) is 3.81. The van der Waals surface area contributed by atoms with Crippen molar-refractivity contribution < 1.29 is 8.42 Å². The summed E-state index contributed by atoms with van der Waals surface area (Å²) < 4.78 is 26.7. The van der Waals surface area contributed by atoms with Crippen LogP contribution >= 0.6 is 43.5 Å². The molecule has 0 aromatic heterocycles. The van der Waals surface area contributed by atoms with Crippen molar-refractivity contribution in [1.29, 1.82) is 0 Å². The standard InChI is InChI=1S/C8H8Br2ClNO2S/c9-6-2-1-3-7(10)8(6)12-15(13,14)5-4-11/h1-3,12H,4-5H2. The Morgan fingerprint density at radius 1 is 1.27 bits per heavy atom. The lowest BCUT2D eigenvalue weighted by atomic mass is 10.3. The van der Waals surface area contributed by atoms with Crippen LogP contribution < -0.4 is 4.72 Å². The first-order chi connectivity index (χ1) is 6.96. The summed E-state index contributed by atoms with van der Waals surface area (Å²) in [4.78, 5) is 0. The van der Waals surface area contributed by atoms with Gasteiger partial charge in [-0.25, -0.2) is 8.42 Å². The lowest BCUT2D eigenvalue weighted by Gasteiger charge is -2.10. The molecule has 0 bridgehead atoms. The third-order valence-corrected chi connectivity index (χ3v) is 4.56. The number of sulfonamides is 1. The van der Waals surface area contributed by atoms with Gasteiger partial charge in [-0.05, 0) is 44.0 Å². The van der Waals surface area contributed by atoms with Gasteiger partial charge in [0, 0.05) is 14.8 Å². The van der Waals surface area contributed by atoms with Gasteiger partial charge >= 0.3 is 0 Å². The van der Waals surface area contributed by atoms with Gasteiger partial charge < -0.3 is 0 Å². The molecule has 1 N–H and O–H groups in total. The number of rotatable bonds is 4. The van der Waals surface area contributed by atoms with E-state index in [0.29, 0.717) is 14.6 Å². The van der Waals surface area contributed by atoms with Crippen LogP contribution in [0.25, 0.3) is 0 Å². The molecule has 7 heteroatoms. The highest BCUT2D eigenvalue weighted by Crippen LogP contribution is 2.31. The molecule has 1 rings (SSSR count). The summed E-state index contributed by atoms with van der Waals surface area (Å²) >= 11 is 11.9. The Bertz CT molecular complexity index is 430. The molecule has 1 aromatic rings. The van der Waals surface area contributed by atoms with E-state index in [9.17, 15) is 8.42 Å². The first-order valence-corrected chi connectivity index (χ1v) is 7.74. The van der Waals surface area contributed by atoms with E-state index in [1.165, 1.54) is 0 Å². The van der Waals surface area contributed by atoms with Crippen molar-refractivity contribution in [1.82, 2.24) is 0 Å². The van der Waals surface area contributed by atoms with Crippen molar-refractivity contribution in [2.45, 2.75) is 0 Å². The molecule has 1 aromatic carbocycles. The number of para-hydroxylation sites is 1. The van der Waals surface area contributed by atoms with E-state index in [2.05, 4.69) is 36.6 Å². The molecule has 0 aliphatic carbocycles. The SMILES string of the molecule is O=S(=O)(CCCl)Nc1c(Br)cccc1Br. The molecule has 0 spiro atoms. The lowest BCUT2D eigenvalue weighted by Crippen LogP contribution is -2.18. The van der Waals surface area contributed by atoms with Crippen LogP contribution in [0.1, 0.15) is 0 Å². The Hall–Kier alpha value is 0.220. The van der Waals surface area contributed by atoms with Crippen molar-refractivity contribution >= 4 is 59.2 Å². The highest BCUT2D eigenvalue weighted by Gasteiger charge is 2.13. The molecule has 0 aliphatic rings. The third kappa shape index (κ3) is 3.94. The summed E-state index contributed by atoms with van der Waals surface area (Å²) in [6.45, 7) is 0. The number of hydrogen-bond donors (Lipinski definition) is 1. The summed E-state index contributed by atoms with van der Waals surface area (Å²) in [5, 5.41) is 0. The number of hydrogen-bond acceptors (Lipinski definition) is 2. The van der Waals surface area contributed by atoms with Crippen molar-refractivity contribution in [3.8, 4) is 0 Å². The van der Waals surface area contributed by atoms with Crippen LogP contribution in [0.3, 0.4) is 0 Å². The Morgan fingerprint density at radius 3 is 2.27 bits per heavy atom. The molecule has 15 heavy (non-hydrogen) atoms. The van der Waals surface area contributed by atoms with Crippen LogP contribution in [0.4, 0.5) is 5.69 Å². The van der Waals surface area contributed by atoms with Gasteiger partial charge in [0.1, 0.15) is 0 Å². The molecule has 3 nitrogen and oxygen atoms in total. The van der Waals surface area contributed by atoms with E-state index in [1.54, 1.807) is 18.2 Å². The summed E-state index contributed by atoms with van der Waals surface area (Å²) in [5.74, 6) is -0.0419. The minimum absolute atomic E-state index is 0.0669. The van der Waals surface area contributed by atoms with E-state index >= 15 is 0 Å². The lowest BCUT2D eigenvalue weighted by molar-refractivity contribution is 0.602. The van der Waals surface area contributed by atoms with Crippen LogP contribution in [0.5, 0.6) is 0 Å². The fourth-order valence-electron chi connectivity index (χ4n) is 0.903. The van der Waals surface area contributed by atoms with Crippen LogP contribution in [-0.2, 0) is 10.0 Å².